The number of hydrogen-bond acceptors (Lipinski definition) is 3. The first-order valence-corrected chi connectivity index (χ1v) is 6.00. The summed E-state index contributed by atoms with van der Waals surface area (Å²) in [5, 5.41) is 0.648. The van der Waals surface area contributed by atoms with Gasteiger partial charge in [-0.25, -0.2) is 0 Å². The maximum atomic E-state index is 11.2. The van der Waals surface area contributed by atoms with Crippen molar-refractivity contribution in [1.29, 1.82) is 0 Å². The number of Topliss-reactive ketones (excluding diaryl/α,β-unsaturated/α-hetero) is 1. The van der Waals surface area contributed by atoms with Gasteiger partial charge in [0.15, 0.2) is 5.78 Å². The lowest BCUT2D eigenvalue weighted by Gasteiger charge is -2.00. The van der Waals surface area contributed by atoms with Crippen molar-refractivity contribution in [2.24, 2.45) is 0 Å². The van der Waals surface area contributed by atoms with Crippen LogP contribution in [0.2, 0.25) is 5.02 Å². The van der Waals surface area contributed by atoms with Gasteiger partial charge in [-0.2, -0.15) is 0 Å². The van der Waals surface area contributed by atoms with Crippen LogP contribution in [0.3, 0.4) is 0 Å². The number of carbonyl (C=O) groups excluding carboxylic acids is 1. The second kappa shape index (κ2) is 4.36. The van der Waals surface area contributed by atoms with Gasteiger partial charge in [0.1, 0.15) is 0 Å². The minimum atomic E-state index is 0.0856. The van der Waals surface area contributed by atoms with Gasteiger partial charge < -0.3 is 0 Å². The van der Waals surface area contributed by atoms with Gasteiger partial charge in [0.05, 0.1) is 15.6 Å². The molecule has 0 aliphatic heterocycles. The average Bonchev–Trinajstić information content (AvgIpc) is 2.71. The lowest BCUT2D eigenvalue weighted by molar-refractivity contribution is 0.102. The van der Waals surface area contributed by atoms with Crippen LogP contribution in [0.15, 0.2) is 24.4 Å². The molecule has 0 unspecified atom stereocenters. The van der Waals surface area contributed by atoms with E-state index < -0.39 is 0 Å². The van der Waals surface area contributed by atoms with E-state index in [9.17, 15) is 4.79 Å². The summed E-state index contributed by atoms with van der Waals surface area (Å²) in [6, 6.07) is 5.62. The summed E-state index contributed by atoms with van der Waals surface area (Å²) in [6.45, 7) is 3.43. The van der Waals surface area contributed by atoms with E-state index in [1.807, 2.05) is 25.1 Å². The Bertz CT molecular complexity index is 548. The zero-order valence-corrected chi connectivity index (χ0v) is 10.5. The maximum Gasteiger partial charge on any atom is 0.169 e. The van der Waals surface area contributed by atoms with E-state index in [0.29, 0.717) is 5.02 Å². The van der Waals surface area contributed by atoms with E-state index in [1.54, 1.807) is 13.1 Å². The highest BCUT2D eigenvalue weighted by Gasteiger charge is 2.07. The van der Waals surface area contributed by atoms with E-state index >= 15 is 0 Å². The van der Waals surface area contributed by atoms with E-state index in [0.717, 1.165) is 21.0 Å². The summed E-state index contributed by atoms with van der Waals surface area (Å²) in [4.78, 5) is 17.1. The summed E-state index contributed by atoms with van der Waals surface area (Å²) in [5.74, 6) is 0.0856. The van der Waals surface area contributed by atoms with Crippen molar-refractivity contribution in [2.45, 2.75) is 13.8 Å². The van der Waals surface area contributed by atoms with Crippen molar-refractivity contribution >= 4 is 28.7 Å². The molecule has 4 heteroatoms. The highest BCUT2D eigenvalue weighted by atomic mass is 35.5. The summed E-state index contributed by atoms with van der Waals surface area (Å²) < 4.78 is 0. The number of aromatic nitrogens is 1. The highest BCUT2D eigenvalue weighted by molar-refractivity contribution is 7.17. The van der Waals surface area contributed by atoms with E-state index in [1.165, 1.54) is 11.3 Å². The Morgan fingerprint density at radius 1 is 1.44 bits per heavy atom. The number of aryl methyl sites for hydroxylation is 1. The molecule has 16 heavy (non-hydrogen) atoms. The standard InChI is InChI=1S/C12H10ClNOS/c1-7-10(13)5-9(6-14-7)12-4-3-11(16-12)8(2)15/h3-6H,1-2H3. The molecule has 0 fully saturated rings. The zero-order valence-electron chi connectivity index (χ0n) is 8.95. The Hall–Kier alpha value is -1.19. The molecule has 0 bridgehead atoms. The van der Waals surface area contributed by atoms with Crippen LogP contribution in [0.4, 0.5) is 0 Å². The number of pyridine rings is 1. The number of hydrogen-bond donors (Lipinski definition) is 0. The molecule has 0 saturated carbocycles. The topological polar surface area (TPSA) is 30.0 Å². The Morgan fingerprint density at radius 2 is 2.19 bits per heavy atom. The fourth-order valence-corrected chi connectivity index (χ4v) is 2.37. The largest absolute Gasteiger partial charge is 0.294 e. The fraction of sp³-hybridized carbons (Fsp3) is 0.167. The average molecular weight is 252 g/mol. The molecule has 0 N–H and O–H groups in total. The number of ketones is 1. The lowest BCUT2D eigenvalue weighted by Crippen LogP contribution is -1.84. The SMILES string of the molecule is CC(=O)c1ccc(-c2cnc(C)c(Cl)c2)s1. The number of rotatable bonds is 2. The molecule has 0 radical (unpaired) electrons. The van der Waals surface area contributed by atoms with Crippen LogP contribution in [-0.4, -0.2) is 10.8 Å². The molecular weight excluding hydrogens is 242 g/mol. The minimum Gasteiger partial charge on any atom is -0.294 e. The number of nitrogens with zero attached hydrogens (tertiary/aromatic N) is 1. The number of carbonyl (C=O) groups is 1. The normalized spacial score (nSPS) is 10.4. The highest BCUT2D eigenvalue weighted by Crippen LogP contribution is 2.30. The van der Waals surface area contributed by atoms with Crippen molar-refractivity contribution in [1.82, 2.24) is 4.98 Å². The third-order valence-corrected chi connectivity index (χ3v) is 3.88. The number of halogens is 1. The summed E-state index contributed by atoms with van der Waals surface area (Å²) in [7, 11) is 0. The van der Waals surface area contributed by atoms with Crippen molar-refractivity contribution < 1.29 is 4.79 Å². The quantitative estimate of drug-likeness (QED) is 0.756. The van der Waals surface area contributed by atoms with Crippen LogP contribution in [0.1, 0.15) is 22.3 Å². The van der Waals surface area contributed by atoms with Gasteiger partial charge in [0.25, 0.3) is 0 Å². The molecule has 0 aliphatic carbocycles. The van der Waals surface area contributed by atoms with E-state index in [4.69, 9.17) is 11.6 Å². The lowest BCUT2D eigenvalue weighted by atomic mass is 10.2. The molecule has 82 valence electrons. The molecule has 2 rings (SSSR count). The predicted octanol–water partition coefficient (Wildman–Crippen LogP) is 3.97. The van der Waals surface area contributed by atoms with Gasteiger partial charge in [0.2, 0.25) is 0 Å². The Morgan fingerprint density at radius 3 is 2.75 bits per heavy atom. The van der Waals surface area contributed by atoms with Gasteiger partial charge in [0, 0.05) is 16.6 Å². The van der Waals surface area contributed by atoms with Crippen LogP contribution in [-0.2, 0) is 0 Å². The smallest absolute Gasteiger partial charge is 0.169 e. The van der Waals surface area contributed by atoms with Gasteiger partial charge >= 0.3 is 0 Å². The molecular formula is C12H10ClNOS. The second-order valence-electron chi connectivity index (χ2n) is 3.51. The molecule has 0 atom stereocenters. The molecule has 2 aromatic heterocycles. The van der Waals surface area contributed by atoms with Crippen molar-refractivity contribution in [3.8, 4) is 10.4 Å². The molecule has 0 aliphatic rings. The Kier molecular flexibility index (Phi) is 3.08. The first kappa shape index (κ1) is 11.3. The number of thiophene rings is 1. The summed E-state index contributed by atoms with van der Waals surface area (Å²) in [5.41, 5.74) is 1.77. The van der Waals surface area contributed by atoms with Gasteiger partial charge in [-0.1, -0.05) is 11.6 Å². The van der Waals surface area contributed by atoms with Crippen LogP contribution in [0, 0.1) is 6.92 Å². The van der Waals surface area contributed by atoms with Crippen LogP contribution < -0.4 is 0 Å². The van der Waals surface area contributed by atoms with E-state index in [-0.39, 0.29) is 5.78 Å². The molecule has 2 aromatic rings. The zero-order chi connectivity index (χ0) is 11.7. The van der Waals surface area contributed by atoms with Crippen molar-refractivity contribution in [3.05, 3.63) is 40.0 Å². The Balaban J connectivity index is 2.42. The first-order valence-electron chi connectivity index (χ1n) is 4.81. The first-order chi connectivity index (χ1) is 7.58. The van der Waals surface area contributed by atoms with Crippen molar-refractivity contribution in [2.75, 3.05) is 0 Å². The third-order valence-electron chi connectivity index (χ3n) is 2.26. The minimum absolute atomic E-state index is 0.0856. The van der Waals surface area contributed by atoms with Crippen molar-refractivity contribution in [3.63, 3.8) is 0 Å². The van der Waals surface area contributed by atoms with Crippen LogP contribution in [0.5, 0.6) is 0 Å². The molecule has 0 saturated heterocycles. The molecule has 0 aromatic carbocycles. The molecule has 0 spiro atoms. The summed E-state index contributed by atoms with van der Waals surface area (Å²) >= 11 is 7.47. The van der Waals surface area contributed by atoms with Gasteiger partial charge in [-0.15, -0.1) is 11.3 Å². The van der Waals surface area contributed by atoms with Gasteiger partial charge in [-0.05, 0) is 32.0 Å². The summed E-state index contributed by atoms with van der Waals surface area (Å²) in [6.07, 6.45) is 1.77. The molecule has 0 amide bonds. The van der Waals surface area contributed by atoms with E-state index in [2.05, 4.69) is 4.98 Å². The van der Waals surface area contributed by atoms with Gasteiger partial charge in [-0.3, -0.25) is 9.78 Å². The monoisotopic (exact) mass is 251 g/mol. The molecule has 2 heterocycles. The predicted molar refractivity (Wildman–Crippen MR) is 67.3 cm³/mol. The third kappa shape index (κ3) is 2.15. The second-order valence-corrected chi connectivity index (χ2v) is 5.00. The van der Waals surface area contributed by atoms with Crippen LogP contribution in [0.25, 0.3) is 10.4 Å². The maximum absolute atomic E-state index is 11.2. The fourth-order valence-electron chi connectivity index (χ4n) is 1.32. The Labute approximate surface area is 103 Å². The molecule has 2 nitrogen and oxygen atoms in total. The van der Waals surface area contributed by atoms with Crippen LogP contribution >= 0.6 is 22.9 Å².